The van der Waals surface area contributed by atoms with Gasteiger partial charge in [-0.25, -0.2) is 4.39 Å². The summed E-state index contributed by atoms with van der Waals surface area (Å²) in [6.45, 7) is 4.81. The zero-order valence-corrected chi connectivity index (χ0v) is 16.1. The highest BCUT2D eigenvalue weighted by Crippen LogP contribution is 2.22. The van der Waals surface area contributed by atoms with E-state index in [1.807, 2.05) is 25.8 Å². The second-order valence-corrected chi connectivity index (χ2v) is 7.22. The molecule has 0 radical (unpaired) electrons. The summed E-state index contributed by atoms with van der Waals surface area (Å²) in [5.41, 5.74) is 0.556. The fraction of sp³-hybridized carbons (Fsp3) is 0.600. The molecule has 6 heteroatoms. The Labute approximate surface area is 155 Å². The Morgan fingerprint density at radius 1 is 1.23 bits per heavy atom. The van der Waals surface area contributed by atoms with Crippen LogP contribution in [-0.4, -0.2) is 48.9 Å². The van der Waals surface area contributed by atoms with E-state index in [9.17, 15) is 14.0 Å². The molecule has 0 saturated heterocycles. The number of likely N-dealkylation sites (N-methyl/N-ethyl adjacent to an activating group) is 2. The van der Waals surface area contributed by atoms with Crippen molar-refractivity contribution in [1.82, 2.24) is 4.90 Å². The highest BCUT2D eigenvalue weighted by Gasteiger charge is 2.32. The highest BCUT2D eigenvalue weighted by atomic mass is 19.1. The molecule has 1 fully saturated rings. The van der Waals surface area contributed by atoms with Crippen molar-refractivity contribution in [3.05, 3.63) is 30.1 Å². The van der Waals surface area contributed by atoms with E-state index < -0.39 is 0 Å². The Balaban J connectivity index is 1.89. The predicted molar refractivity (Wildman–Crippen MR) is 101 cm³/mol. The van der Waals surface area contributed by atoms with Crippen molar-refractivity contribution in [1.29, 1.82) is 0 Å². The Morgan fingerprint density at radius 2 is 1.85 bits per heavy atom. The minimum absolute atomic E-state index is 0.117. The lowest BCUT2D eigenvalue weighted by molar-refractivity contribution is -0.886. The van der Waals surface area contributed by atoms with Crippen molar-refractivity contribution in [2.45, 2.75) is 58.0 Å². The van der Waals surface area contributed by atoms with E-state index in [2.05, 4.69) is 5.32 Å². The maximum absolute atomic E-state index is 12.9. The maximum atomic E-state index is 12.9. The molecular weight excluding hydrogens is 333 g/mol. The number of benzene rings is 1. The predicted octanol–water partition coefficient (Wildman–Crippen LogP) is 1.85. The van der Waals surface area contributed by atoms with Gasteiger partial charge in [-0.15, -0.1) is 0 Å². The molecule has 0 aliphatic heterocycles. The summed E-state index contributed by atoms with van der Waals surface area (Å²) in [4.78, 5) is 28.0. The molecule has 0 bridgehead atoms. The zero-order chi connectivity index (χ0) is 19.1. The smallest absolute Gasteiger partial charge is 0.280 e. The monoisotopic (exact) mass is 364 g/mol. The molecule has 1 aliphatic rings. The van der Waals surface area contributed by atoms with Crippen LogP contribution in [0.3, 0.4) is 0 Å². The number of halogens is 1. The van der Waals surface area contributed by atoms with E-state index in [0.717, 1.165) is 17.7 Å². The first-order valence-electron chi connectivity index (χ1n) is 9.60. The van der Waals surface area contributed by atoms with Crippen LogP contribution >= 0.6 is 0 Å². The fourth-order valence-electron chi connectivity index (χ4n) is 3.59. The third-order valence-electron chi connectivity index (χ3n) is 5.32. The van der Waals surface area contributed by atoms with Gasteiger partial charge in [-0.05, 0) is 51.0 Å². The number of quaternary nitrogens is 1. The van der Waals surface area contributed by atoms with Crippen LogP contribution in [0, 0.1) is 5.82 Å². The lowest BCUT2D eigenvalue weighted by atomic mass is 9.93. The first-order chi connectivity index (χ1) is 12.4. The number of carbonyl (C=O) groups is 2. The minimum Gasteiger partial charge on any atom is -0.335 e. The molecule has 1 saturated carbocycles. The summed E-state index contributed by atoms with van der Waals surface area (Å²) in [7, 11) is 1.86. The molecule has 1 aromatic rings. The second-order valence-electron chi connectivity index (χ2n) is 7.22. The van der Waals surface area contributed by atoms with Crippen LogP contribution in [0.2, 0.25) is 0 Å². The van der Waals surface area contributed by atoms with E-state index in [0.29, 0.717) is 18.3 Å². The molecule has 26 heavy (non-hydrogen) atoms. The molecule has 5 nitrogen and oxygen atoms in total. The molecular formula is C20H31FN3O2+. The van der Waals surface area contributed by atoms with Crippen molar-refractivity contribution in [3.8, 4) is 0 Å². The van der Waals surface area contributed by atoms with Gasteiger partial charge in [0.2, 0.25) is 0 Å². The summed E-state index contributed by atoms with van der Waals surface area (Å²) in [6.07, 6.45) is 5.79. The molecule has 0 spiro atoms. The van der Waals surface area contributed by atoms with Gasteiger partial charge < -0.3 is 15.1 Å². The van der Waals surface area contributed by atoms with E-state index in [-0.39, 0.29) is 30.2 Å². The third-order valence-corrected chi connectivity index (χ3v) is 5.32. The number of hydrogen-bond donors (Lipinski definition) is 2. The summed E-state index contributed by atoms with van der Waals surface area (Å²) in [5, 5.41) is 2.75. The summed E-state index contributed by atoms with van der Waals surface area (Å²) < 4.78 is 12.9. The topological polar surface area (TPSA) is 53.9 Å². The average molecular weight is 364 g/mol. The molecule has 1 aromatic carbocycles. The Hall–Kier alpha value is -1.95. The third kappa shape index (κ3) is 5.53. The summed E-state index contributed by atoms with van der Waals surface area (Å²) in [5.74, 6) is -0.409. The van der Waals surface area contributed by atoms with Gasteiger partial charge in [0.15, 0.2) is 12.6 Å². The van der Waals surface area contributed by atoms with Crippen LogP contribution in [0.1, 0.15) is 46.0 Å². The Morgan fingerprint density at radius 3 is 2.42 bits per heavy atom. The van der Waals surface area contributed by atoms with Gasteiger partial charge >= 0.3 is 0 Å². The van der Waals surface area contributed by atoms with Crippen LogP contribution in [0.25, 0.3) is 0 Å². The van der Waals surface area contributed by atoms with Gasteiger partial charge in [0.1, 0.15) is 5.82 Å². The van der Waals surface area contributed by atoms with Gasteiger partial charge in [0.25, 0.3) is 11.8 Å². The number of carbonyl (C=O) groups excluding carboxylic acids is 2. The van der Waals surface area contributed by atoms with Gasteiger partial charge in [-0.1, -0.05) is 19.3 Å². The van der Waals surface area contributed by atoms with Crippen molar-refractivity contribution in [2.75, 3.05) is 25.5 Å². The number of anilines is 1. The standard InChI is InChI=1S/C20H30FN3O2/c1-4-24(18-8-6-5-7-9-18)20(26)15(2)23(3)14-19(25)22-17-12-10-16(21)11-13-17/h10-13,15,18H,4-9,14H2,1-3H3,(H,22,25)/p+1/t15-/m0/s1. The van der Waals surface area contributed by atoms with Crippen molar-refractivity contribution < 1.29 is 18.9 Å². The molecule has 2 rings (SSSR count). The molecule has 0 aromatic heterocycles. The molecule has 0 heterocycles. The highest BCUT2D eigenvalue weighted by molar-refractivity contribution is 5.91. The van der Waals surface area contributed by atoms with E-state index in [1.165, 1.54) is 43.5 Å². The first kappa shape index (κ1) is 20.4. The van der Waals surface area contributed by atoms with Crippen LogP contribution in [0.4, 0.5) is 10.1 Å². The van der Waals surface area contributed by atoms with Crippen LogP contribution in [0.15, 0.2) is 24.3 Å². The van der Waals surface area contributed by atoms with E-state index in [1.54, 1.807) is 0 Å². The van der Waals surface area contributed by atoms with Crippen LogP contribution in [-0.2, 0) is 9.59 Å². The van der Waals surface area contributed by atoms with Gasteiger partial charge in [0, 0.05) is 18.3 Å². The largest absolute Gasteiger partial charge is 0.335 e. The van der Waals surface area contributed by atoms with E-state index >= 15 is 0 Å². The molecule has 1 unspecified atom stereocenters. The Kier molecular flexibility index (Phi) is 7.57. The average Bonchev–Trinajstić information content (AvgIpc) is 2.64. The van der Waals surface area contributed by atoms with Gasteiger partial charge in [-0.2, -0.15) is 0 Å². The number of hydrogen-bond acceptors (Lipinski definition) is 2. The minimum atomic E-state index is -0.340. The maximum Gasteiger partial charge on any atom is 0.280 e. The fourth-order valence-corrected chi connectivity index (χ4v) is 3.59. The number of nitrogens with zero attached hydrogens (tertiary/aromatic N) is 1. The molecule has 1 aliphatic carbocycles. The van der Waals surface area contributed by atoms with E-state index in [4.69, 9.17) is 0 Å². The number of amides is 2. The van der Waals surface area contributed by atoms with Gasteiger partial charge in [0.05, 0.1) is 7.05 Å². The summed E-state index contributed by atoms with van der Waals surface area (Å²) >= 11 is 0. The zero-order valence-electron chi connectivity index (χ0n) is 16.1. The second kappa shape index (κ2) is 9.67. The molecule has 2 amide bonds. The van der Waals surface area contributed by atoms with Gasteiger partial charge in [-0.3, -0.25) is 9.59 Å². The SMILES string of the molecule is CCN(C(=O)[C@H](C)[NH+](C)CC(=O)Nc1ccc(F)cc1)C1CCCCC1. The van der Waals surface area contributed by atoms with Crippen molar-refractivity contribution in [3.63, 3.8) is 0 Å². The van der Waals surface area contributed by atoms with Crippen LogP contribution in [0.5, 0.6) is 0 Å². The molecule has 144 valence electrons. The Bertz CT molecular complexity index is 600. The normalized spacial score (nSPS) is 17.4. The van der Waals surface area contributed by atoms with Crippen LogP contribution < -0.4 is 10.2 Å². The van der Waals surface area contributed by atoms with Crippen molar-refractivity contribution in [2.24, 2.45) is 0 Å². The number of nitrogens with one attached hydrogen (secondary N) is 2. The summed E-state index contributed by atoms with van der Waals surface area (Å²) in [6, 6.07) is 5.72. The van der Waals surface area contributed by atoms with Crippen molar-refractivity contribution >= 4 is 17.5 Å². The number of rotatable bonds is 7. The molecule has 2 N–H and O–H groups in total. The quantitative estimate of drug-likeness (QED) is 0.776. The first-order valence-corrected chi connectivity index (χ1v) is 9.60. The lowest BCUT2D eigenvalue weighted by Crippen LogP contribution is -3.15. The lowest BCUT2D eigenvalue weighted by Gasteiger charge is -2.35. The molecule has 2 atom stereocenters.